The van der Waals surface area contributed by atoms with Gasteiger partial charge in [-0.25, -0.2) is 0 Å². The minimum atomic E-state index is -0.170. The molecule has 19 heavy (non-hydrogen) atoms. The van der Waals surface area contributed by atoms with E-state index in [0.29, 0.717) is 22.2 Å². The standard InChI is InChI=1S/C17H26O2/c1-11-13-9-15(3,10-14(11)19-12(2)18)17(5)8-6-7-16(13,17)4/h13-14H,1,6-10H2,2-5H3. The molecule has 0 aliphatic heterocycles. The van der Waals surface area contributed by atoms with Crippen LogP contribution in [-0.4, -0.2) is 12.1 Å². The van der Waals surface area contributed by atoms with Crippen LogP contribution in [0, 0.1) is 22.2 Å². The second-order valence-corrected chi connectivity index (χ2v) is 7.80. The van der Waals surface area contributed by atoms with Crippen LogP contribution in [0.4, 0.5) is 0 Å². The molecule has 5 unspecified atom stereocenters. The first kappa shape index (κ1) is 13.2. The number of carbonyl (C=O) groups excluding carboxylic acids is 1. The molecular weight excluding hydrogens is 236 g/mol. The van der Waals surface area contributed by atoms with Crippen molar-refractivity contribution in [3.63, 3.8) is 0 Å². The average molecular weight is 262 g/mol. The third kappa shape index (κ3) is 1.41. The fraction of sp³-hybridized carbons (Fsp3) is 0.824. The smallest absolute Gasteiger partial charge is 0.303 e. The molecule has 3 aliphatic carbocycles. The Kier molecular flexibility index (Phi) is 2.54. The highest BCUT2D eigenvalue weighted by Crippen LogP contribution is 2.77. The molecule has 106 valence electrons. The topological polar surface area (TPSA) is 26.3 Å². The summed E-state index contributed by atoms with van der Waals surface area (Å²) in [7, 11) is 0. The van der Waals surface area contributed by atoms with Gasteiger partial charge in [0.1, 0.15) is 6.10 Å². The Balaban J connectivity index is 2.02. The summed E-state index contributed by atoms with van der Waals surface area (Å²) in [6.45, 7) is 13.2. The van der Waals surface area contributed by atoms with Crippen molar-refractivity contribution in [2.45, 2.75) is 65.9 Å². The zero-order chi connectivity index (χ0) is 14.1. The molecule has 3 saturated carbocycles. The Morgan fingerprint density at radius 1 is 1.26 bits per heavy atom. The molecular formula is C17H26O2. The van der Waals surface area contributed by atoms with Crippen molar-refractivity contribution in [2.75, 3.05) is 0 Å². The summed E-state index contributed by atoms with van der Waals surface area (Å²) in [5.74, 6) is 0.361. The van der Waals surface area contributed by atoms with Crippen LogP contribution in [0.1, 0.15) is 59.8 Å². The molecule has 2 heteroatoms. The lowest BCUT2D eigenvalue weighted by molar-refractivity contribution is -0.147. The summed E-state index contributed by atoms with van der Waals surface area (Å²) in [6, 6.07) is 0. The lowest BCUT2D eigenvalue weighted by atomic mass is 9.59. The molecule has 2 bridgehead atoms. The molecule has 0 aromatic heterocycles. The fourth-order valence-electron chi connectivity index (χ4n) is 5.75. The Labute approximate surface area is 116 Å². The monoisotopic (exact) mass is 262 g/mol. The van der Waals surface area contributed by atoms with E-state index in [2.05, 4.69) is 27.4 Å². The van der Waals surface area contributed by atoms with Gasteiger partial charge in [0.05, 0.1) is 0 Å². The van der Waals surface area contributed by atoms with Crippen molar-refractivity contribution in [1.82, 2.24) is 0 Å². The fourth-order valence-corrected chi connectivity index (χ4v) is 5.75. The molecule has 0 saturated heterocycles. The first-order valence-electron chi connectivity index (χ1n) is 7.59. The molecule has 3 rings (SSSR count). The van der Waals surface area contributed by atoms with E-state index in [4.69, 9.17) is 4.74 Å². The van der Waals surface area contributed by atoms with Gasteiger partial charge in [-0.3, -0.25) is 4.79 Å². The Hall–Kier alpha value is -0.790. The van der Waals surface area contributed by atoms with Gasteiger partial charge in [-0.1, -0.05) is 33.8 Å². The Morgan fingerprint density at radius 3 is 2.58 bits per heavy atom. The van der Waals surface area contributed by atoms with Gasteiger partial charge in [0, 0.05) is 6.92 Å². The van der Waals surface area contributed by atoms with Crippen molar-refractivity contribution < 1.29 is 9.53 Å². The first-order chi connectivity index (χ1) is 8.73. The third-order valence-electron chi connectivity index (χ3n) is 7.19. The molecule has 0 amide bonds. The van der Waals surface area contributed by atoms with Gasteiger partial charge < -0.3 is 4.74 Å². The highest BCUT2D eigenvalue weighted by Gasteiger charge is 2.70. The molecule has 0 heterocycles. The number of rotatable bonds is 1. The van der Waals surface area contributed by atoms with E-state index in [1.807, 2.05) is 0 Å². The van der Waals surface area contributed by atoms with E-state index >= 15 is 0 Å². The van der Waals surface area contributed by atoms with Gasteiger partial charge in [-0.2, -0.15) is 0 Å². The predicted octanol–water partition coefficient (Wildman–Crippen LogP) is 4.10. The predicted molar refractivity (Wildman–Crippen MR) is 75.6 cm³/mol. The van der Waals surface area contributed by atoms with E-state index in [0.717, 1.165) is 6.42 Å². The minimum absolute atomic E-state index is 0.0551. The molecule has 0 aromatic carbocycles. The van der Waals surface area contributed by atoms with Crippen LogP contribution in [0.5, 0.6) is 0 Å². The lowest BCUT2D eigenvalue weighted by Crippen LogP contribution is -2.40. The second kappa shape index (κ2) is 3.65. The number of hydrogen-bond acceptors (Lipinski definition) is 2. The summed E-state index contributed by atoms with van der Waals surface area (Å²) in [4.78, 5) is 11.3. The van der Waals surface area contributed by atoms with Crippen molar-refractivity contribution in [2.24, 2.45) is 22.2 Å². The molecule has 0 N–H and O–H groups in total. The third-order valence-corrected chi connectivity index (χ3v) is 7.19. The van der Waals surface area contributed by atoms with Gasteiger partial charge in [-0.15, -0.1) is 0 Å². The molecule has 0 spiro atoms. The molecule has 5 atom stereocenters. The van der Waals surface area contributed by atoms with Crippen LogP contribution in [0.15, 0.2) is 12.2 Å². The van der Waals surface area contributed by atoms with E-state index in [-0.39, 0.29) is 12.1 Å². The maximum atomic E-state index is 11.3. The Bertz CT molecular complexity index is 454. The molecule has 3 aliphatic rings. The largest absolute Gasteiger partial charge is 0.458 e. The van der Waals surface area contributed by atoms with E-state index in [1.165, 1.54) is 38.2 Å². The number of ether oxygens (including phenoxy) is 1. The summed E-state index contributed by atoms with van der Waals surface area (Å²) in [6.07, 6.45) is 6.10. The summed E-state index contributed by atoms with van der Waals surface area (Å²) in [5.41, 5.74) is 2.21. The van der Waals surface area contributed by atoms with Gasteiger partial charge in [0.2, 0.25) is 0 Å². The van der Waals surface area contributed by atoms with Crippen LogP contribution < -0.4 is 0 Å². The maximum absolute atomic E-state index is 11.3. The van der Waals surface area contributed by atoms with E-state index in [9.17, 15) is 4.79 Å². The highest BCUT2D eigenvalue weighted by molar-refractivity contribution is 5.66. The summed E-state index contributed by atoms with van der Waals surface area (Å²) in [5, 5.41) is 0. The molecule has 3 fully saturated rings. The van der Waals surface area contributed by atoms with Gasteiger partial charge in [-0.05, 0) is 53.4 Å². The van der Waals surface area contributed by atoms with Crippen molar-refractivity contribution in [3.05, 3.63) is 12.2 Å². The zero-order valence-corrected chi connectivity index (χ0v) is 12.7. The summed E-state index contributed by atoms with van der Waals surface area (Å²) < 4.78 is 5.57. The van der Waals surface area contributed by atoms with Crippen molar-refractivity contribution >= 4 is 5.97 Å². The normalized spacial score (nSPS) is 52.1. The SMILES string of the molecule is C=C1C(OC(C)=O)CC2(C)CC1C1(C)CCCC21C. The number of carbonyl (C=O) groups is 1. The average Bonchev–Trinajstić information content (AvgIpc) is 2.67. The Morgan fingerprint density at radius 2 is 1.95 bits per heavy atom. The zero-order valence-electron chi connectivity index (χ0n) is 12.7. The highest BCUT2D eigenvalue weighted by atomic mass is 16.5. The van der Waals surface area contributed by atoms with Crippen LogP contribution >= 0.6 is 0 Å². The molecule has 0 radical (unpaired) electrons. The van der Waals surface area contributed by atoms with Gasteiger partial charge in [0.25, 0.3) is 0 Å². The van der Waals surface area contributed by atoms with Gasteiger partial charge >= 0.3 is 5.97 Å². The second-order valence-electron chi connectivity index (χ2n) is 7.80. The number of esters is 1. The molecule has 0 aromatic rings. The van der Waals surface area contributed by atoms with E-state index in [1.54, 1.807) is 0 Å². The van der Waals surface area contributed by atoms with Crippen LogP contribution in [0.25, 0.3) is 0 Å². The van der Waals surface area contributed by atoms with Crippen LogP contribution in [-0.2, 0) is 9.53 Å². The van der Waals surface area contributed by atoms with Crippen molar-refractivity contribution in [1.29, 1.82) is 0 Å². The van der Waals surface area contributed by atoms with E-state index < -0.39 is 0 Å². The number of fused-ring (bicyclic) bond motifs is 5. The van der Waals surface area contributed by atoms with Crippen molar-refractivity contribution in [3.8, 4) is 0 Å². The lowest BCUT2D eigenvalue weighted by Gasteiger charge is -2.46. The maximum Gasteiger partial charge on any atom is 0.303 e. The van der Waals surface area contributed by atoms with Crippen LogP contribution in [0.3, 0.4) is 0 Å². The van der Waals surface area contributed by atoms with Crippen LogP contribution in [0.2, 0.25) is 0 Å². The first-order valence-corrected chi connectivity index (χ1v) is 7.59. The number of hydrogen-bond donors (Lipinski definition) is 0. The summed E-state index contributed by atoms with van der Waals surface area (Å²) >= 11 is 0. The quantitative estimate of drug-likeness (QED) is 0.525. The van der Waals surface area contributed by atoms with Gasteiger partial charge in [0.15, 0.2) is 0 Å². The minimum Gasteiger partial charge on any atom is -0.458 e. The molecule has 2 nitrogen and oxygen atoms in total.